The predicted octanol–water partition coefficient (Wildman–Crippen LogP) is -4.81. The zero-order chi connectivity index (χ0) is 29.7. The van der Waals surface area contributed by atoms with Crippen LogP contribution in [0.1, 0.15) is 13.2 Å². The van der Waals surface area contributed by atoms with Crippen LogP contribution >= 0.6 is 15.6 Å². The molecule has 0 saturated carbocycles. The van der Waals surface area contributed by atoms with Gasteiger partial charge in [0.05, 0.1) is 13.2 Å². The van der Waals surface area contributed by atoms with Crippen molar-refractivity contribution in [3.05, 3.63) is 33.1 Å². The third kappa shape index (κ3) is 8.92. The first kappa shape index (κ1) is 33.0. The number of carbonyl (C=O) groups is 2. The van der Waals surface area contributed by atoms with Crippen LogP contribution in [-0.2, 0) is 36.8 Å². The summed E-state index contributed by atoms with van der Waals surface area (Å²) in [4.78, 5) is 66.5. The number of phosphoric ester groups is 1. The van der Waals surface area contributed by atoms with Gasteiger partial charge in [0, 0.05) is 19.2 Å². The zero-order valence-electron chi connectivity index (χ0n) is 19.8. The first-order valence-electron chi connectivity index (χ1n) is 10.7. The number of aliphatic hydroxyl groups is 5. The van der Waals surface area contributed by atoms with Crippen molar-refractivity contribution >= 4 is 27.8 Å². The van der Waals surface area contributed by atoms with E-state index >= 15 is 0 Å². The van der Waals surface area contributed by atoms with Crippen molar-refractivity contribution < 1.29 is 72.1 Å². The standard InChI is InChI=1S/C17H27N3O17P2/c1-7(23)18-8(4-21)15(12(26)9(24)5-22)36-39(33,37-38(30,31)32)34-6-10-13(27)14(28)16(35-10)20-3-2-11(25)19-17(20)29/h2-4,8-10,12-16,22,24,26-28H,5-6H2,1H3,(H,18,23)(H,19,25,29)(H2,30,31,32)/t8-,9+,10+,12-,13+,14+,15+,16+,39?/m0/s1. The van der Waals surface area contributed by atoms with Crippen LogP contribution in [0.3, 0.4) is 0 Å². The van der Waals surface area contributed by atoms with Crippen molar-refractivity contribution in [2.45, 2.75) is 55.8 Å². The molecule has 0 aliphatic carbocycles. The third-order valence-corrected chi connectivity index (χ3v) is 7.72. The molecule has 1 aromatic rings. The summed E-state index contributed by atoms with van der Waals surface area (Å²) in [5.41, 5.74) is -1.83. The van der Waals surface area contributed by atoms with Gasteiger partial charge in [-0.05, 0) is 0 Å². The summed E-state index contributed by atoms with van der Waals surface area (Å²) < 4.78 is 44.5. The first-order chi connectivity index (χ1) is 18.0. The van der Waals surface area contributed by atoms with Crippen LogP contribution in [0.4, 0.5) is 0 Å². The van der Waals surface area contributed by atoms with E-state index < -0.39 is 94.9 Å². The molecule has 0 spiro atoms. The fourth-order valence-corrected chi connectivity index (χ4v) is 5.67. The van der Waals surface area contributed by atoms with E-state index in [2.05, 4.69) is 4.31 Å². The number of nitrogens with one attached hydrogen (secondary N) is 2. The van der Waals surface area contributed by atoms with Crippen LogP contribution in [0.5, 0.6) is 0 Å². The van der Waals surface area contributed by atoms with Gasteiger partial charge in [0.25, 0.3) is 5.56 Å². The molecular formula is C17H27N3O17P2. The summed E-state index contributed by atoms with van der Waals surface area (Å²) in [6, 6.07) is -1.04. The SMILES string of the molecule is CC(=O)N[C@@H](C=O)[C@@H](OP(=O)(OC[C@H]1O[C@@H](n2ccc(=O)[nH]c2=O)[C@H](O)[C@@H]1O)OP(=O)(O)O)[C@@H](O)[C@H](O)CO. The number of hydrogen-bond donors (Lipinski definition) is 9. The molecule has 22 heteroatoms. The average Bonchev–Trinajstić information content (AvgIpc) is 3.11. The molecule has 1 unspecified atom stereocenters. The Balaban J connectivity index is 2.34. The third-order valence-electron chi connectivity index (χ3n) is 5.10. The highest BCUT2D eigenvalue weighted by molar-refractivity contribution is 7.61. The molecule has 0 radical (unpaired) electrons. The number of aliphatic hydroxyl groups excluding tert-OH is 5. The van der Waals surface area contributed by atoms with Crippen LogP contribution in [0.15, 0.2) is 21.9 Å². The largest absolute Gasteiger partial charge is 0.484 e. The lowest BCUT2D eigenvalue weighted by Gasteiger charge is -2.32. The van der Waals surface area contributed by atoms with Gasteiger partial charge in [0.1, 0.15) is 49.0 Å². The van der Waals surface area contributed by atoms with Gasteiger partial charge in [-0.15, -0.1) is 0 Å². The topological polar surface area (TPSA) is 314 Å². The minimum absolute atomic E-state index is 0.0616. The molecular weight excluding hydrogens is 580 g/mol. The molecule has 20 nitrogen and oxygen atoms in total. The molecule has 39 heavy (non-hydrogen) atoms. The number of aromatic nitrogens is 2. The van der Waals surface area contributed by atoms with Crippen LogP contribution < -0.4 is 16.6 Å². The molecule has 0 aromatic carbocycles. The molecule has 9 atom stereocenters. The number of carbonyl (C=O) groups excluding carboxylic acids is 2. The van der Waals surface area contributed by atoms with Gasteiger partial charge in [-0.3, -0.25) is 28.2 Å². The van der Waals surface area contributed by atoms with E-state index in [1.807, 2.05) is 10.3 Å². The number of ether oxygens (including phenoxy) is 1. The number of rotatable bonds is 14. The summed E-state index contributed by atoms with van der Waals surface area (Å²) in [6.07, 6.45) is -12.9. The van der Waals surface area contributed by atoms with Gasteiger partial charge >= 0.3 is 21.3 Å². The van der Waals surface area contributed by atoms with Crippen molar-refractivity contribution in [3.63, 3.8) is 0 Å². The summed E-state index contributed by atoms with van der Waals surface area (Å²) in [5.74, 6) is -0.905. The Morgan fingerprint density at radius 2 is 1.90 bits per heavy atom. The van der Waals surface area contributed by atoms with E-state index in [0.29, 0.717) is 4.57 Å². The highest BCUT2D eigenvalue weighted by Crippen LogP contribution is 2.62. The zero-order valence-corrected chi connectivity index (χ0v) is 21.6. The van der Waals surface area contributed by atoms with Crippen molar-refractivity contribution in [1.82, 2.24) is 14.9 Å². The monoisotopic (exact) mass is 607 g/mol. The number of amides is 1. The summed E-state index contributed by atoms with van der Waals surface area (Å²) >= 11 is 0. The Morgan fingerprint density at radius 1 is 1.26 bits per heavy atom. The van der Waals surface area contributed by atoms with Crippen molar-refractivity contribution in [3.8, 4) is 0 Å². The van der Waals surface area contributed by atoms with Gasteiger partial charge < -0.3 is 50.2 Å². The Bertz CT molecular complexity index is 1220. The van der Waals surface area contributed by atoms with E-state index in [9.17, 15) is 58.5 Å². The summed E-state index contributed by atoms with van der Waals surface area (Å²) in [5, 5.41) is 51.7. The molecule has 1 aliphatic heterocycles. The number of aromatic amines is 1. The molecule has 1 aliphatic rings. The van der Waals surface area contributed by atoms with E-state index in [0.717, 1.165) is 19.2 Å². The second-order valence-electron chi connectivity index (χ2n) is 8.05. The van der Waals surface area contributed by atoms with E-state index in [-0.39, 0.29) is 6.29 Å². The lowest BCUT2D eigenvalue weighted by molar-refractivity contribution is -0.129. The fourth-order valence-electron chi connectivity index (χ4n) is 3.34. The normalized spacial score (nSPS) is 26.3. The Hall–Kier alpha value is -2.16. The Kier molecular flexibility index (Phi) is 11.4. The number of phosphoric acid groups is 2. The van der Waals surface area contributed by atoms with Crippen LogP contribution in [-0.4, -0.2) is 113 Å². The van der Waals surface area contributed by atoms with Gasteiger partial charge in [0.2, 0.25) is 5.91 Å². The van der Waals surface area contributed by atoms with Gasteiger partial charge in [-0.25, -0.2) is 13.9 Å². The van der Waals surface area contributed by atoms with Gasteiger partial charge in [-0.2, -0.15) is 4.31 Å². The molecule has 1 amide bonds. The second kappa shape index (κ2) is 13.5. The molecule has 0 bridgehead atoms. The molecule has 2 rings (SSSR count). The van der Waals surface area contributed by atoms with Crippen LogP contribution in [0.2, 0.25) is 0 Å². The molecule has 9 N–H and O–H groups in total. The lowest BCUT2D eigenvalue weighted by atomic mass is 10.0. The van der Waals surface area contributed by atoms with Crippen LogP contribution in [0, 0.1) is 0 Å². The smallest absolute Gasteiger partial charge is 0.394 e. The maximum Gasteiger partial charge on any atom is 0.484 e. The minimum Gasteiger partial charge on any atom is -0.394 e. The molecule has 1 fully saturated rings. The summed E-state index contributed by atoms with van der Waals surface area (Å²) in [7, 11) is -11.4. The fraction of sp³-hybridized carbons (Fsp3) is 0.647. The van der Waals surface area contributed by atoms with Crippen molar-refractivity contribution in [2.75, 3.05) is 13.2 Å². The molecule has 2 heterocycles. The van der Waals surface area contributed by atoms with E-state index in [1.165, 1.54) is 0 Å². The second-order valence-corrected chi connectivity index (χ2v) is 11.0. The quantitative estimate of drug-likeness (QED) is 0.0707. The molecule has 222 valence electrons. The van der Waals surface area contributed by atoms with Crippen molar-refractivity contribution in [1.29, 1.82) is 0 Å². The molecule has 1 aromatic heterocycles. The van der Waals surface area contributed by atoms with Gasteiger partial charge in [-0.1, -0.05) is 0 Å². The number of nitrogens with zero attached hydrogens (tertiary/aromatic N) is 1. The number of H-pyrrole nitrogens is 1. The highest BCUT2D eigenvalue weighted by Gasteiger charge is 2.48. The van der Waals surface area contributed by atoms with Crippen LogP contribution in [0.25, 0.3) is 0 Å². The van der Waals surface area contributed by atoms with Gasteiger partial charge in [0.15, 0.2) is 6.23 Å². The highest BCUT2D eigenvalue weighted by atomic mass is 31.3. The first-order valence-corrected chi connectivity index (χ1v) is 13.7. The van der Waals surface area contributed by atoms with Crippen molar-refractivity contribution in [2.24, 2.45) is 0 Å². The number of hydrogen-bond acceptors (Lipinski definition) is 15. The maximum absolute atomic E-state index is 13.2. The molecule has 1 saturated heterocycles. The predicted molar refractivity (Wildman–Crippen MR) is 122 cm³/mol. The Labute approximate surface area is 217 Å². The summed E-state index contributed by atoms with van der Waals surface area (Å²) in [6.45, 7) is -1.37. The maximum atomic E-state index is 13.2. The van der Waals surface area contributed by atoms with E-state index in [4.69, 9.17) is 18.9 Å². The minimum atomic E-state index is -5.74. The number of aldehydes is 1. The lowest BCUT2D eigenvalue weighted by Crippen LogP contribution is -2.54. The van der Waals surface area contributed by atoms with E-state index in [1.54, 1.807) is 0 Å². The Morgan fingerprint density at radius 3 is 2.41 bits per heavy atom. The average molecular weight is 607 g/mol.